The summed E-state index contributed by atoms with van der Waals surface area (Å²) in [6, 6.07) is 2.94. The molecular weight excluding hydrogens is 478 g/mol. The average Bonchev–Trinajstić information content (AvgIpc) is 3.12. The Balaban J connectivity index is 1.50. The summed E-state index contributed by atoms with van der Waals surface area (Å²) in [5, 5.41) is 24.8. The van der Waals surface area contributed by atoms with E-state index >= 15 is 0 Å². The molecule has 2 aromatic rings. The van der Waals surface area contributed by atoms with Gasteiger partial charge in [-0.3, -0.25) is 4.90 Å². The highest BCUT2D eigenvalue weighted by molar-refractivity contribution is 5.53. The first-order valence-electron chi connectivity index (χ1n) is 12.3. The van der Waals surface area contributed by atoms with Crippen molar-refractivity contribution in [2.24, 2.45) is 0 Å². The molecular formula is C25H33F4N5O2. The van der Waals surface area contributed by atoms with Gasteiger partial charge in [-0.05, 0) is 30.0 Å². The van der Waals surface area contributed by atoms with Gasteiger partial charge in [-0.25, -0.2) is 14.4 Å². The largest absolute Gasteiger partial charge is 0.419 e. The van der Waals surface area contributed by atoms with E-state index in [0.29, 0.717) is 43.9 Å². The van der Waals surface area contributed by atoms with E-state index < -0.39 is 35.8 Å². The molecule has 198 valence electrons. The molecule has 2 aliphatic rings. The van der Waals surface area contributed by atoms with Crippen LogP contribution in [0.2, 0.25) is 0 Å². The number of halogens is 4. The fraction of sp³-hybridized carbons (Fsp3) is 0.600. The minimum Gasteiger partial charge on any atom is -0.387 e. The quantitative estimate of drug-likeness (QED) is 0.492. The zero-order valence-electron chi connectivity index (χ0n) is 20.6. The fourth-order valence-corrected chi connectivity index (χ4v) is 5.16. The van der Waals surface area contributed by atoms with Gasteiger partial charge in [0.05, 0.1) is 17.4 Å². The first-order valence-corrected chi connectivity index (χ1v) is 12.3. The second-order valence-electron chi connectivity index (χ2n) is 9.99. The van der Waals surface area contributed by atoms with Crippen LogP contribution in [0, 0.1) is 5.82 Å². The highest BCUT2D eigenvalue weighted by Crippen LogP contribution is 2.43. The Morgan fingerprint density at radius 1 is 1.14 bits per heavy atom. The van der Waals surface area contributed by atoms with Crippen molar-refractivity contribution in [1.29, 1.82) is 0 Å². The summed E-state index contributed by atoms with van der Waals surface area (Å²) in [6.45, 7) is 8.26. The van der Waals surface area contributed by atoms with Crippen LogP contribution in [-0.4, -0.2) is 70.1 Å². The third kappa shape index (κ3) is 5.49. The van der Waals surface area contributed by atoms with Gasteiger partial charge < -0.3 is 20.4 Å². The predicted octanol–water partition coefficient (Wildman–Crippen LogP) is 3.40. The lowest BCUT2D eigenvalue weighted by Crippen LogP contribution is -2.53. The van der Waals surface area contributed by atoms with Crippen LogP contribution in [0.15, 0.2) is 24.5 Å². The molecule has 0 spiro atoms. The maximum absolute atomic E-state index is 14.3. The lowest BCUT2D eigenvalue weighted by atomic mass is 9.94. The molecule has 1 aromatic carbocycles. The van der Waals surface area contributed by atoms with Crippen molar-refractivity contribution < 1.29 is 27.8 Å². The standard InChI is InChI=1S/C25H33F4N5O2/c1-14(2)30-12-17(16-4-5-18(19(26)11-16)25(27,28)29)24(36)34-8-6-33(7-9-34)23-21-15(3)10-20(35)22(21)31-13-32-23/h4-5,11,13-15,17,20,24,30,35-36H,6-10,12H2,1-3H3. The molecule has 1 saturated heterocycles. The van der Waals surface area contributed by atoms with Crippen molar-refractivity contribution >= 4 is 5.82 Å². The Hall–Kier alpha value is -2.34. The van der Waals surface area contributed by atoms with E-state index in [1.54, 1.807) is 0 Å². The van der Waals surface area contributed by atoms with E-state index in [-0.39, 0.29) is 18.5 Å². The molecule has 1 aliphatic carbocycles. The van der Waals surface area contributed by atoms with Crippen LogP contribution in [-0.2, 0) is 6.18 Å². The summed E-state index contributed by atoms with van der Waals surface area (Å²) in [4.78, 5) is 12.7. The van der Waals surface area contributed by atoms with Gasteiger partial charge in [-0.1, -0.05) is 26.8 Å². The van der Waals surface area contributed by atoms with Gasteiger partial charge in [0.2, 0.25) is 0 Å². The lowest BCUT2D eigenvalue weighted by molar-refractivity contribution is -0.140. The summed E-state index contributed by atoms with van der Waals surface area (Å²) in [5.41, 5.74) is 0.610. The lowest BCUT2D eigenvalue weighted by Gasteiger charge is -2.41. The molecule has 4 unspecified atom stereocenters. The molecule has 11 heteroatoms. The number of aliphatic hydroxyl groups is 2. The number of nitrogens with one attached hydrogen (secondary N) is 1. The van der Waals surface area contributed by atoms with Crippen molar-refractivity contribution in [3.63, 3.8) is 0 Å². The number of hydrogen-bond donors (Lipinski definition) is 3. The van der Waals surface area contributed by atoms with Gasteiger partial charge in [0.1, 0.15) is 24.2 Å². The molecule has 0 radical (unpaired) electrons. The minimum atomic E-state index is -4.78. The summed E-state index contributed by atoms with van der Waals surface area (Å²) in [7, 11) is 0. The van der Waals surface area contributed by atoms with Gasteiger partial charge in [0.15, 0.2) is 0 Å². The second kappa shape index (κ2) is 10.6. The first-order chi connectivity index (χ1) is 17.0. The van der Waals surface area contributed by atoms with Gasteiger partial charge in [0.25, 0.3) is 0 Å². The number of rotatable bonds is 7. The Kier molecular flexibility index (Phi) is 7.84. The molecule has 2 heterocycles. The topological polar surface area (TPSA) is 84.8 Å². The number of anilines is 1. The Labute approximate surface area is 208 Å². The van der Waals surface area contributed by atoms with E-state index in [2.05, 4.69) is 20.2 Å². The van der Waals surface area contributed by atoms with E-state index in [1.807, 2.05) is 25.7 Å². The third-order valence-electron chi connectivity index (χ3n) is 7.10. The molecule has 0 saturated carbocycles. The number of alkyl halides is 3. The number of fused-ring (bicyclic) bond motifs is 1. The molecule has 4 atom stereocenters. The van der Waals surface area contributed by atoms with Crippen molar-refractivity contribution in [3.8, 4) is 0 Å². The number of hydrogen-bond acceptors (Lipinski definition) is 7. The third-order valence-corrected chi connectivity index (χ3v) is 7.10. The van der Waals surface area contributed by atoms with Gasteiger partial charge >= 0.3 is 6.18 Å². The second-order valence-corrected chi connectivity index (χ2v) is 9.99. The normalized spacial score (nSPS) is 22.7. The predicted molar refractivity (Wildman–Crippen MR) is 127 cm³/mol. The molecule has 0 amide bonds. The maximum Gasteiger partial charge on any atom is 0.419 e. The van der Waals surface area contributed by atoms with Gasteiger partial charge in [-0.15, -0.1) is 0 Å². The monoisotopic (exact) mass is 511 g/mol. The highest BCUT2D eigenvalue weighted by atomic mass is 19.4. The average molecular weight is 512 g/mol. The van der Waals surface area contributed by atoms with Crippen molar-refractivity contribution in [2.45, 2.75) is 63.6 Å². The zero-order chi connectivity index (χ0) is 26.2. The van der Waals surface area contributed by atoms with Crippen LogP contribution in [0.4, 0.5) is 23.4 Å². The zero-order valence-corrected chi connectivity index (χ0v) is 20.6. The van der Waals surface area contributed by atoms with Crippen LogP contribution < -0.4 is 10.2 Å². The van der Waals surface area contributed by atoms with E-state index in [1.165, 1.54) is 12.4 Å². The van der Waals surface area contributed by atoms with Crippen LogP contribution in [0.5, 0.6) is 0 Å². The number of aliphatic hydroxyl groups excluding tert-OH is 2. The first kappa shape index (κ1) is 26.7. The Morgan fingerprint density at radius 2 is 1.83 bits per heavy atom. The number of nitrogens with zero attached hydrogens (tertiary/aromatic N) is 4. The van der Waals surface area contributed by atoms with E-state index in [0.717, 1.165) is 23.5 Å². The molecule has 3 N–H and O–H groups in total. The van der Waals surface area contributed by atoms with E-state index in [9.17, 15) is 27.8 Å². The summed E-state index contributed by atoms with van der Waals surface area (Å²) in [6.07, 6.45) is -4.33. The van der Waals surface area contributed by atoms with Crippen molar-refractivity contribution in [2.75, 3.05) is 37.6 Å². The molecule has 1 aliphatic heterocycles. The summed E-state index contributed by atoms with van der Waals surface area (Å²) in [5.74, 6) is -1.05. The van der Waals surface area contributed by atoms with Crippen molar-refractivity contribution in [3.05, 3.63) is 52.7 Å². The maximum atomic E-state index is 14.3. The SMILES string of the molecule is CC(C)NCC(c1ccc(C(F)(F)F)c(F)c1)C(O)N1CCN(c2ncnc3c2C(C)CC3O)CC1. The van der Waals surface area contributed by atoms with Crippen LogP contribution in [0.1, 0.15) is 67.5 Å². The Morgan fingerprint density at radius 3 is 2.44 bits per heavy atom. The number of piperazine rings is 1. The fourth-order valence-electron chi connectivity index (χ4n) is 5.16. The number of benzene rings is 1. The minimum absolute atomic E-state index is 0.0769. The molecule has 7 nitrogen and oxygen atoms in total. The molecule has 0 bridgehead atoms. The molecule has 1 aromatic heterocycles. The Bertz CT molecular complexity index is 1060. The summed E-state index contributed by atoms with van der Waals surface area (Å²) >= 11 is 0. The number of aromatic nitrogens is 2. The van der Waals surface area contributed by atoms with Crippen LogP contribution >= 0.6 is 0 Å². The smallest absolute Gasteiger partial charge is 0.387 e. The molecule has 1 fully saturated rings. The summed E-state index contributed by atoms with van der Waals surface area (Å²) < 4.78 is 53.5. The molecule has 36 heavy (non-hydrogen) atoms. The molecule has 4 rings (SSSR count). The highest BCUT2D eigenvalue weighted by Gasteiger charge is 2.37. The van der Waals surface area contributed by atoms with Gasteiger partial charge in [0, 0.05) is 50.2 Å². The van der Waals surface area contributed by atoms with Gasteiger partial charge in [-0.2, -0.15) is 13.2 Å². The van der Waals surface area contributed by atoms with Crippen molar-refractivity contribution in [1.82, 2.24) is 20.2 Å². The van der Waals surface area contributed by atoms with Crippen LogP contribution in [0.3, 0.4) is 0 Å². The van der Waals surface area contributed by atoms with E-state index in [4.69, 9.17) is 0 Å². The van der Waals surface area contributed by atoms with Crippen LogP contribution in [0.25, 0.3) is 0 Å².